The fourth-order valence-corrected chi connectivity index (χ4v) is 3.44. The Balaban J connectivity index is 1.61. The highest BCUT2D eigenvalue weighted by Crippen LogP contribution is 2.27. The Kier molecular flexibility index (Phi) is 4.64. The molecule has 128 valence electrons. The Morgan fingerprint density at radius 3 is 2.42 bits per heavy atom. The van der Waals surface area contributed by atoms with E-state index in [0.717, 1.165) is 21.3 Å². The van der Waals surface area contributed by atoms with Crippen molar-refractivity contribution in [1.29, 1.82) is 0 Å². The number of rotatable bonds is 4. The van der Waals surface area contributed by atoms with Gasteiger partial charge < -0.3 is 5.32 Å². The van der Waals surface area contributed by atoms with Crippen LogP contribution in [0.5, 0.6) is 0 Å². The minimum Gasteiger partial charge on any atom is -0.302 e. The fourth-order valence-electron chi connectivity index (χ4n) is 2.46. The highest BCUT2D eigenvalue weighted by Gasteiger charge is 2.08. The number of H-pyrrole nitrogens is 1. The lowest BCUT2D eigenvalue weighted by atomic mass is 10.1. The zero-order valence-corrected chi connectivity index (χ0v) is 15.8. The average molecular weight is 425 g/mol. The largest absolute Gasteiger partial charge is 0.302 e. The van der Waals surface area contributed by atoms with Crippen molar-refractivity contribution < 1.29 is 0 Å². The third kappa shape index (κ3) is 3.74. The topological polar surface area (TPSA) is 70.7 Å². The van der Waals surface area contributed by atoms with Gasteiger partial charge in [0.05, 0.1) is 11.4 Å². The quantitative estimate of drug-likeness (QED) is 0.479. The summed E-state index contributed by atoms with van der Waals surface area (Å²) >= 11 is 4.88. The van der Waals surface area contributed by atoms with Gasteiger partial charge in [-0.25, -0.2) is 9.97 Å². The lowest BCUT2D eigenvalue weighted by Crippen LogP contribution is -2.10. The molecular weight excluding hydrogens is 412 g/mol. The number of nitrogens with one attached hydrogen (secondary N) is 2. The van der Waals surface area contributed by atoms with Crippen LogP contribution in [-0.4, -0.2) is 15.0 Å². The van der Waals surface area contributed by atoms with E-state index in [-0.39, 0.29) is 5.56 Å². The predicted molar refractivity (Wildman–Crippen MR) is 109 cm³/mol. The minimum atomic E-state index is -0.217. The molecule has 5 nitrogen and oxygen atoms in total. The Bertz CT molecular complexity index is 1090. The first-order valence-corrected chi connectivity index (χ1v) is 9.50. The first-order chi connectivity index (χ1) is 12.7. The molecule has 7 heteroatoms. The van der Waals surface area contributed by atoms with Gasteiger partial charge in [0, 0.05) is 27.0 Å². The molecule has 0 aliphatic heterocycles. The van der Waals surface area contributed by atoms with Crippen molar-refractivity contribution in [1.82, 2.24) is 15.0 Å². The maximum absolute atomic E-state index is 12.0. The molecule has 0 aliphatic rings. The molecule has 0 bridgehead atoms. The summed E-state index contributed by atoms with van der Waals surface area (Å²) in [6.07, 6.45) is 0. The molecule has 2 heterocycles. The maximum Gasteiger partial charge on any atom is 0.252 e. The lowest BCUT2D eigenvalue weighted by molar-refractivity contribution is 1.12. The Morgan fingerprint density at radius 1 is 0.923 bits per heavy atom. The highest BCUT2D eigenvalue weighted by atomic mass is 79.9. The van der Waals surface area contributed by atoms with E-state index in [2.05, 4.69) is 36.2 Å². The molecule has 2 aromatic carbocycles. The summed E-state index contributed by atoms with van der Waals surface area (Å²) in [5.41, 5.74) is 3.17. The lowest BCUT2D eigenvalue weighted by Gasteiger charge is -2.05. The number of aromatic nitrogens is 3. The van der Waals surface area contributed by atoms with E-state index in [4.69, 9.17) is 0 Å². The van der Waals surface area contributed by atoms with Crippen LogP contribution < -0.4 is 10.9 Å². The van der Waals surface area contributed by atoms with Crippen molar-refractivity contribution in [2.75, 3.05) is 5.32 Å². The van der Waals surface area contributed by atoms with Crippen molar-refractivity contribution in [3.63, 3.8) is 0 Å². The SMILES string of the molecule is O=c1cc(-c2ccccc2)nc(Nc2nc(-c3ccc(Br)cc3)cs2)[nH]1. The molecule has 0 saturated carbocycles. The van der Waals surface area contributed by atoms with Crippen LogP contribution in [0.3, 0.4) is 0 Å². The summed E-state index contributed by atoms with van der Waals surface area (Å²) in [4.78, 5) is 23.7. The van der Waals surface area contributed by atoms with Crippen LogP contribution in [0.2, 0.25) is 0 Å². The second kappa shape index (κ2) is 7.23. The third-order valence-electron chi connectivity index (χ3n) is 3.68. The van der Waals surface area contributed by atoms with Crippen molar-refractivity contribution in [2.24, 2.45) is 0 Å². The number of hydrogen-bond acceptors (Lipinski definition) is 5. The van der Waals surface area contributed by atoms with Crippen molar-refractivity contribution in [3.8, 4) is 22.5 Å². The molecule has 2 aromatic heterocycles. The molecule has 4 rings (SSSR count). The number of benzene rings is 2. The van der Waals surface area contributed by atoms with E-state index in [0.29, 0.717) is 16.8 Å². The minimum absolute atomic E-state index is 0.217. The van der Waals surface area contributed by atoms with Gasteiger partial charge in [-0.3, -0.25) is 9.78 Å². The van der Waals surface area contributed by atoms with Crippen LogP contribution in [0.1, 0.15) is 0 Å². The van der Waals surface area contributed by atoms with Gasteiger partial charge in [-0.15, -0.1) is 11.3 Å². The van der Waals surface area contributed by atoms with Gasteiger partial charge in [-0.05, 0) is 12.1 Å². The van der Waals surface area contributed by atoms with Gasteiger partial charge >= 0.3 is 0 Å². The zero-order valence-electron chi connectivity index (χ0n) is 13.4. The molecule has 0 fully saturated rings. The van der Waals surface area contributed by atoms with E-state index < -0.39 is 0 Å². The summed E-state index contributed by atoms with van der Waals surface area (Å²) in [7, 11) is 0. The summed E-state index contributed by atoms with van der Waals surface area (Å²) in [5.74, 6) is 0.369. The normalized spacial score (nSPS) is 10.7. The second-order valence-electron chi connectivity index (χ2n) is 5.52. The molecule has 0 unspecified atom stereocenters. The van der Waals surface area contributed by atoms with Crippen LogP contribution in [0.25, 0.3) is 22.5 Å². The fraction of sp³-hybridized carbons (Fsp3) is 0. The van der Waals surface area contributed by atoms with Gasteiger partial charge in [-0.1, -0.05) is 58.4 Å². The van der Waals surface area contributed by atoms with Crippen LogP contribution in [-0.2, 0) is 0 Å². The molecule has 0 radical (unpaired) electrons. The number of halogens is 1. The van der Waals surface area contributed by atoms with Crippen molar-refractivity contribution in [2.45, 2.75) is 0 Å². The average Bonchev–Trinajstić information content (AvgIpc) is 3.11. The zero-order chi connectivity index (χ0) is 17.9. The summed E-state index contributed by atoms with van der Waals surface area (Å²) < 4.78 is 1.02. The maximum atomic E-state index is 12.0. The van der Waals surface area contributed by atoms with Crippen LogP contribution >= 0.6 is 27.3 Å². The Labute approximate surface area is 161 Å². The predicted octanol–water partition coefficient (Wildman–Crippen LogP) is 5.07. The number of hydrogen-bond donors (Lipinski definition) is 2. The van der Waals surface area contributed by atoms with Gasteiger partial charge in [0.1, 0.15) is 0 Å². The van der Waals surface area contributed by atoms with Crippen LogP contribution in [0.15, 0.2) is 75.3 Å². The monoisotopic (exact) mass is 424 g/mol. The molecule has 0 amide bonds. The Morgan fingerprint density at radius 2 is 1.65 bits per heavy atom. The van der Waals surface area contributed by atoms with Crippen molar-refractivity contribution >= 4 is 38.3 Å². The highest BCUT2D eigenvalue weighted by molar-refractivity contribution is 9.10. The first kappa shape index (κ1) is 16.7. The summed E-state index contributed by atoms with van der Waals surface area (Å²) in [5, 5.41) is 5.71. The van der Waals surface area contributed by atoms with Crippen LogP contribution in [0, 0.1) is 0 Å². The molecular formula is C19H13BrN4OS. The van der Waals surface area contributed by atoms with E-state index in [1.165, 1.54) is 17.4 Å². The van der Waals surface area contributed by atoms with E-state index in [9.17, 15) is 4.79 Å². The standard InChI is InChI=1S/C19H13BrN4OS/c20-14-8-6-13(7-9-14)16-11-26-19(22-16)24-18-21-15(10-17(25)23-18)12-4-2-1-3-5-12/h1-11H,(H2,21,22,23,24,25). The molecule has 2 N–H and O–H groups in total. The third-order valence-corrected chi connectivity index (χ3v) is 4.97. The van der Waals surface area contributed by atoms with Gasteiger partial charge in [0.2, 0.25) is 5.95 Å². The summed E-state index contributed by atoms with van der Waals surface area (Å²) in [6.45, 7) is 0. The molecule has 0 spiro atoms. The second-order valence-corrected chi connectivity index (χ2v) is 7.29. The van der Waals surface area contributed by atoms with E-state index in [1.807, 2.05) is 60.0 Å². The van der Waals surface area contributed by atoms with Gasteiger partial charge in [-0.2, -0.15) is 0 Å². The number of nitrogens with zero attached hydrogens (tertiary/aromatic N) is 2. The first-order valence-electron chi connectivity index (χ1n) is 7.83. The smallest absolute Gasteiger partial charge is 0.252 e. The van der Waals surface area contributed by atoms with Crippen LogP contribution in [0.4, 0.5) is 11.1 Å². The number of thiazole rings is 1. The summed E-state index contributed by atoms with van der Waals surface area (Å²) in [6, 6.07) is 19.0. The number of anilines is 2. The molecule has 26 heavy (non-hydrogen) atoms. The van der Waals surface area contributed by atoms with Crippen molar-refractivity contribution in [3.05, 3.63) is 80.9 Å². The van der Waals surface area contributed by atoms with E-state index >= 15 is 0 Å². The van der Waals surface area contributed by atoms with E-state index in [1.54, 1.807) is 0 Å². The molecule has 4 aromatic rings. The Hall–Kier alpha value is -2.77. The molecule has 0 aliphatic carbocycles. The molecule has 0 saturated heterocycles. The molecule has 0 atom stereocenters. The van der Waals surface area contributed by atoms with Gasteiger partial charge in [0.25, 0.3) is 5.56 Å². The number of aromatic amines is 1. The van der Waals surface area contributed by atoms with Gasteiger partial charge in [0.15, 0.2) is 5.13 Å².